The van der Waals surface area contributed by atoms with E-state index >= 15 is 0 Å². The van der Waals surface area contributed by atoms with Gasteiger partial charge >= 0.3 is 0 Å². The standard InChI is InChI=1S/C10H9Br2N7O2/c11-6-1-5(2-7(12)9(6)21)3-14-15-8(20)4-19-10(13)16-17-18-19/h1-3,21H,4H2,(H,15,20)(H2,13,16,18)/b14-3-. The fourth-order valence-electron chi connectivity index (χ4n) is 1.33. The molecule has 0 aliphatic carbocycles. The smallest absolute Gasteiger partial charge is 0.261 e. The lowest BCUT2D eigenvalue weighted by atomic mass is 10.2. The van der Waals surface area contributed by atoms with Gasteiger partial charge < -0.3 is 10.8 Å². The third-order valence-corrected chi connectivity index (χ3v) is 3.50. The highest BCUT2D eigenvalue weighted by Gasteiger charge is 2.07. The molecule has 0 saturated heterocycles. The minimum absolute atomic E-state index is 0.0422. The van der Waals surface area contributed by atoms with Crippen LogP contribution in [0.25, 0.3) is 0 Å². The Kier molecular flexibility index (Phi) is 4.85. The van der Waals surface area contributed by atoms with Gasteiger partial charge in [0.2, 0.25) is 5.95 Å². The highest BCUT2D eigenvalue weighted by atomic mass is 79.9. The van der Waals surface area contributed by atoms with Crippen LogP contribution in [0.2, 0.25) is 0 Å². The van der Waals surface area contributed by atoms with E-state index in [1.54, 1.807) is 12.1 Å². The number of benzene rings is 1. The van der Waals surface area contributed by atoms with Gasteiger partial charge in [-0.25, -0.2) is 10.1 Å². The van der Waals surface area contributed by atoms with Gasteiger partial charge in [0.1, 0.15) is 12.3 Å². The summed E-state index contributed by atoms with van der Waals surface area (Å²) in [5, 5.41) is 23.7. The number of halogens is 2. The highest BCUT2D eigenvalue weighted by Crippen LogP contribution is 2.32. The molecule has 2 aromatic rings. The first-order valence-corrected chi connectivity index (χ1v) is 7.07. The number of amides is 1. The number of aromatic nitrogens is 4. The van der Waals surface area contributed by atoms with Crippen molar-refractivity contribution in [3.63, 3.8) is 0 Å². The maximum atomic E-state index is 11.6. The Morgan fingerprint density at radius 3 is 2.71 bits per heavy atom. The number of phenols is 1. The van der Waals surface area contributed by atoms with E-state index < -0.39 is 5.91 Å². The van der Waals surface area contributed by atoms with Crippen molar-refractivity contribution < 1.29 is 9.90 Å². The van der Waals surface area contributed by atoms with E-state index in [0.717, 1.165) is 4.68 Å². The van der Waals surface area contributed by atoms with Crippen molar-refractivity contribution in [3.8, 4) is 5.75 Å². The molecular formula is C10H9Br2N7O2. The lowest BCUT2D eigenvalue weighted by Gasteiger charge is -2.02. The van der Waals surface area contributed by atoms with Gasteiger partial charge in [-0.1, -0.05) is 5.10 Å². The van der Waals surface area contributed by atoms with Crippen molar-refractivity contribution >= 4 is 49.9 Å². The number of hydrazone groups is 1. The number of phenolic OH excluding ortho intramolecular Hbond substituents is 1. The summed E-state index contributed by atoms with van der Waals surface area (Å²) in [4.78, 5) is 11.6. The fraction of sp³-hybridized carbons (Fsp3) is 0.100. The summed E-state index contributed by atoms with van der Waals surface area (Å²) in [6, 6.07) is 3.30. The van der Waals surface area contributed by atoms with Crippen LogP contribution < -0.4 is 11.2 Å². The second kappa shape index (κ2) is 6.63. The first-order chi connectivity index (χ1) is 9.97. The molecule has 1 heterocycles. The van der Waals surface area contributed by atoms with Gasteiger partial charge in [0.05, 0.1) is 15.2 Å². The number of nitrogens with two attached hydrogens (primary N) is 1. The maximum absolute atomic E-state index is 11.6. The van der Waals surface area contributed by atoms with Gasteiger partial charge in [-0.2, -0.15) is 5.10 Å². The van der Waals surface area contributed by atoms with Crippen LogP contribution in [0.1, 0.15) is 5.56 Å². The Morgan fingerprint density at radius 1 is 1.48 bits per heavy atom. The summed E-state index contributed by atoms with van der Waals surface area (Å²) < 4.78 is 2.15. The molecule has 110 valence electrons. The zero-order valence-electron chi connectivity index (χ0n) is 10.4. The number of anilines is 1. The van der Waals surface area contributed by atoms with E-state index in [9.17, 15) is 9.90 Å². The second-order valence-corrected chi connectivity index (χ2v) is 5.53. The molecule has 21 heavy (non-hydrogen) atoms. The lowest BCUT2D eigenvalue weighted by Crippen LogP contribution is -2.24. The first-order valence-electron chi connectivity index (χ1n) is 5.49. The van der Waals surface area contributed by atoms with Gasteiger partial charge in [0.15, 0.2) is 0 Å². The molecule has 9 nitrogen and oxygen atoms in total. The summed E-state index contributed by atoms with van der Waals surface area (Å²) in [5.41, 5.74) is 8.42. The number of nitrogens with zero attached hydrogens (tertiary/aromatic N) is 5. The Hall–Kier alpha value is -2.01. The van der Waals surface area contributed by atoms with Crippen LogP contribution in [0, 0.1) is 0 Å². The van der Waals surface area contributed by atoms with E-state index in [4.69, 9.17) is 5.73 Å². The summed E-state index contributed by atoms with van der Waals surface area (Å²) in [7, 11) is 0. The average molecular weight is 419 g/mol. The Balaban J connectivity index is 1.96. The number of carbonyl (C=O) groups is 1. The molecule has 11 heteroatoms. The van der Waals surface area contributed by atoms with Gasteiger partial charge in [-0.15, -0.1) is 0 Å². The summed E-state index contributed by atoms with van der Waals surface area (Å²) in [6.45, 7) is -0.140. The van der Waals surface area contributed by atoms with Gasteiger partial charge in [-0.3, -0.25) is 4.79 Å². The lowest BCUT2D eigenvalue weighted by molar-refractivity contribution is -0.121. The molecule has 1 amide bonds. The zero-order valence-corrected chi connectivity index (χ0v) is 13.5. The van der Waals surface area contributed by atoms with Crippen LogP contribution in [0.15, 0.2) is 26.2 Å². The molecule has 0 fully saturated rings. The molecule has 0 spiro atoms. The number of hydrogen-bond donors (Lipinski definition) is 3. The number of aromatic hydroxyl groups is 1. The molecular weight excluding hydrogens is 410 g/mol. The van der Waals surface area contributed by atoms with Crippen molar-refractivity contribution in [2.75, 3.05) is 5.73 Å². The molecule has 0 saturated carbocycles. The monoisotopic (exact) mass is 417 g/mol. The molecule has 0 aliphatic heterocycles. The Morgan fingerprint density at radius 2 is 2.14 bits per heavy atom. The minimum Gasteiger partial charge on any atom is -0.506 e. The van der Waals surface area contributed by atoms with Crippen molar-refractivity contribution in [1.29, 1.82) is 0 Å². The normalized spacial score (nSPS) is 11.0. The van der Waals surface area contributed by atoms with Crippen molar-refractivity contribution in [2.45, 2.75) is 6.54 Å². The zero-order chi connectivity index (χ0) is 15.4. The number of carbonyl (C=O) groups excluding carboxylic acids is 1. The second-order valence-electron chi connectivity index (χ2n) is 3.82. The highest BCUT2D eigenvalue weighted by molar-refractivity contribution is 9.11. The van der Waals surface area contributed by atoms with E-state index in [1.807, 2.05) is 0 Å². The third kappa shape index (κ3) is 3.98. The van der Waals surface area contributed by atoms with Crippen LogP contribution in [0.3, 0.4) is 0 Å². The van der Waals surface area contributed by atoms with Gasteiger partial charge in [0.25, 0.3) is 5.91 Å². The van der Waals surface area contributed by atoms with Crippen molar-refractivity contribution in [3.05, 3.63) is 26.6 Å². The van der Waals surface area contributed by atoms with Crippen LogP contribution in [-0.4, -0.2) is 37.4 Å². The SMILES string of the molecule is Nc1nnnn1CC(=O)N/N=C\c1cc(Br)c(O)c(Br)c1. The van der Waals surface area contributed by atoms with Crippen LogP contribution in [0.4, 0.5) is 5.95 Å². The number of nitrogens with one attached hydrogen (secondary N) is 1. The minimum atomic E-state index is -0.429. The fourth-order valence-corrected chi connectivity index (χ4v) is 2.56. The van der Waals surface area contributed by atoms with Crippen molar-refractivity contribution in [2.24, 2.45) is 5.10 Å². The molecule has 0 bridgehead atoms. The molecule has 1 aromatic heterocycles. The van der Waals surface area contributed by atoms with Gasteiger partial charge in [0, 0.05) is 0 Å². The van der Waals surface area contributed by atoms with Crippen LogP contribution in [-0.2, 0) is 11.3 Å². The summed E-state index contributed by atoms with van der Waals surface area (Å²) >= 11 is 6.39. The molecule has 0 unspecified atom stereocenters. The number of rotatable bonds is 4. The molecule has 2 rings (SSSR count). The predicted octanol–water partition coefficient (Wildman–Crippen LogP) is 0.636. The van der Waals surface area contributed by atoms with E-state index in [-0.39, 0.29) is 18.2 Å². The maximum Gasteiger partial charge on any atom is 0.261 e. The van der Waals surface area contributed by atoms with E-state index in [0.29, 0.717) is 14.5 Å². The molecule has 0 atom stereocenters. The molecule has 0 radical (unpaired) electrons. The van der Waals surface area contributed by atoms with E-state index in [1.165, 1.54) is 6.21 Å². The van der Waals surface area contributed by atoms with Crippen LogP contribution >= 0.6 is 31.9 Å². The van der Waals surface area contributed by atoms with E-state index in [2.05, 4.69) is 57.9 Å². The summed E-state index contributed by atoms with van der Waals surface area (Å²) in [6.07, 6.45) is 1.43. The third-order valence-electron chi connectivity index (χ3n) is 2.30. The Bertz CT molecular complexity index is 677. The molecule has 1 aromatic carbocycles. The number of tetrazole rings is 1. The van der Waals surface area contributed by atoms with Gasteiger partial charge in [-0.05, 0) is 60.0 Å². The first kappa shape index (κ1) is 15.4. The topological polar surface area (TPSA) is 131 Å². The molecule has 0 aliphatic rings. The van der Waals surface area contributed by atoms with Crippen molar-refractivity contribution in [1.82, 2.24) is 25.6 Å². The largest absolute Gasteiger partial charge is 0.506 e. The number of hydrogen-bond acceptors (Lipinski definition) is 7. The predicted molar refractivity (Wildman–Crippen MR) is 81.5 cm³/mol. The van der Waals surface area contributed by atoms with Crippen LogP contribution in [0.5, 0.6) is 5.75 Å². The summed E-state index contributed by atoms with van der Waals surface area (Å²) in [5.74, 6) is -0.298. The quantitative estimate of drug-likeness (QED) is 0.493. The average Bonchev–Trinajstić information content (AvgIpc) is 2.81. The number of nitrogen functional groups attached to an aromatic ring is 1. The Labute approximate surface area is 135 Å². The molecule has 4 N–H and O–H groups in total.